The average molecular weight is 316 g/mol. The molecule has 118 valence electrons. The van der Waals surface area contributed by atoms with Crippen LogP contribution in [0.4, 0.5) is 10.1 Å². The molecule has 0 aliphatic heterocycles. The highest BCUT2D eigenvalue weighted by Gasteiger charge is 2.25. The van der Waals surface area contributed by atoms with Crippen LogP contribution in [0.5, 0.6) is 0 Å². The largest absolute Gasteiger partial charge is 0.396 e. The number of aryl methyl sites for hydroxylation is 1. The summed E-state index contributed by atoms with van der Waals surface area (Å²) in [7, 11) is -3.75. The van der Waals surface area contributed by atoms with Crippen LogP contribution in [0.2, 0.25) is 0 Å². The molecule has 2 atom stereocenters. The van der Waals surface area contributed by atoms with E-state index in [1.807, 2.05) is 0 Å². The molecule has 1 aromatic carbocycles. The number of benzene rings is 1. The Morgan fingerprint density at radius 2 is 2.05 bits per heavy atom. The summed E-state index contributed by atoms with van der Waals surface area (Å²) >= 11 is 0. The van der Waals surface area contributed by atoms with E-state index in [-0.39, 0.29) is 28.6 Å². The molecular weight excluding hydrogens is 295 g/mol. The van der Waals surface area contributed by atoms with Crippen LogP contribution in [0.1, 0.15) is 31.2 Å². The van der Waals surface area contributed by atoms with Crippen LogP contribution in [0.15, 0.2) is 17.0 Å². The summed E-state index contributed by atoms with van der Waals surface area (Å²) < 4.78 is 40.4. The Morgan fingerprint density at radius 1 is 1.38 bits per heavy atom. The number of aliphatic hydroxyl groups is 1. The number of nitrogen functional groups attached to an aromatic ring is 1. The maximum Gasteiger partial charge on any atom is 0.240 e. The van der Waals surface area contributed by atoms with Gasteiger partial charge in [0.05, 0.1) is 16.7 Å². The van der Waals surface area contributed by atoms with Crippen LogP contribution in [-0.2, 0) is 10.0 Å². The molecular formula is C14H21FN2O3S. The highest BCUT2D eigenvalue weighted by atomic mass is 32.2. The van der Waals surface area contributed by atoms with Crippen molar-refractivity contribution >= 4 is 15.7 Å². The first-order chi connectivity index (χ1) is 9.81. The number of rotatable bonds is 4. The summed E-state index contributed by atoms with van der Waals surface area (Å²) in [5.41, 5.74) is 5.47. The van der Waals surface area contributed by atoms with Crippen molar-refractivity contribution in [3.63, 3.8) is 0 Å². The molecule has 0 bridgehead atoms. The van der Waals surface area contributed by atoms with Gasteiger partial charge in [0, 0.05) is 6.54 Å². The maximum atomic E-state index is 13.5. The van der Waals surface area contributed by atoms with E-state index in [2.05, 4.69) is 4.72 Å². The molecule has 2 unspecified atom stereocenters. The molecule has 1 saturated carbocycles. The summed E-state index contributed by atoms with van der Waals surface area (Å²) in [6, 6.07) is 2.37. The lowest BCUT2D eigenvalue weighted by atomic mass is 9.87. The zero-order valence-corrected chi connectivity index (χ0v) is 12.8. The first kappa shape index (κ1) is 16.2. The van der Waals surface area contributed by atoms with Crippen LogP contribution in [0.25, 0.3) is 0 Å². The zero-order chi connectivity index (χ0) is 15.6. The predicted molar refractivity (Wildman–Crippen MR) is 78.7 cm³/mol. The lowest BCUT2D eigenvalue weighted by molar-refractivity contribution is 0.0724. The normalized spacial score (nSPS) is 23.2. The fraction of sp³-hybridized carbons (Fsp3) is 0.571. The van der Waals surface area contributed by atoms with Gasteiger partial charge in [-0.3, -0.25) is 0 Å². The molecule has 5 nitrogen and oxygen atoms in total. The van der Waals surface area contributed by atoms with Gasteiger partial charge in [0.1, 0.15) is 5.82 Å². The summed E-state index contributed by atoms with van der Waals surface area (Å²) in [6.45, 7) is 1.65. The second-order valence-electron chi connectivity index (χ2n) is 5.61. The summed E-state index contributed by atoms with van der Waals surface area (Å²) in [6.07, 6.45) is 2.99. The van der Waals surface area contributed by atoms with Crippen LogP contribution in [0.3, 0.4) is 0 Å². The second-order valence-corrected chi connectivity index (χ2v) is 7.37. The van der Waals surface area contributed by atoms with E-state index in [1.165, 1.54) is 13.0 Å². The SMILES string of the molecule is Cc1cc(S(=O)(=O)NCC2CCCCC2O)cc(N)c1F. The molecule has 7 heteroatoms. The molecule has 0 radical (unpaired) electrons. The number of nitrogens with one attached hydrogen (secondary N) is 1. The van der Waals surface area contributed by atoms with Crippen LogP contribution >= 0.6 is 0 Å². The molecule has 4 N–H and O–H groups in total. The van der Waals surface area contributed by atoms with Crippen molar-refractivity contribution in [1.29, 1.82) is 0 Å². The number of aliphatic hydroxyl groups excluding tert-OH is 1. The Labute approximate surface area is 124 Å². The third-order valence-electron chi connectivity index (χ3n) is 3.97. The van der Waals surface area contributed by atoms with E-state index < -0.39 is 21.9 Å². The smallest absolute Gasteiger partial charge is 0.240 e. The molecule has 1 fully saturated rings. The quantitative estimate of drug-likeness (QED) is 0.735. The fourth-order valence-electron chi connectivity index (χ4n) is 2.64. The number of nitrogens with two attached hydrogens (primary N) is 1. The third kappa shape index (κ3) is 3.72. The number of sulfonamides is 1. The van der Waals surface area contributed by atoms with Crippen molar-refractivity contribution in [1.82, 2.24) is 4.72 Å². The minimum Gasteiger partial charge on any atom is -0.396 e. The Kier molecular flexibility index (Phi) is 4.85. The minimum absolute atomic E-state index is 0.0517. The minimum atomic E-state index is -3.75. The lowest BCUT2D eigenvalue weighted by Gasteiger charge is -2.27. The Bertz CT molecular complexity index is 596. The monoisotopic (exact) mass is 316 g/mol. The van der Waals surface area contributed by atoms with Crippen molar-refractivity contribution in [2.75, 3.05) is 12.3 Å². The van der Waals surface area contributed by atoms with E-state index in [9.17, 15) is 17.9 Å². The molecule has 1 aliphatic carbocycles. The molecule has 2 rings (SSSR count). The average Bonchev–Trinajstić information content (AvgIpc) is 2.43. The molecule has 1 aliphatic rings. The van der Waals surface area contributed by atoms with Gasteiger partial charge in [-0.15, -0.1) is 0 Å². The van der Waals surface area contributed by atoms with E-state index >= 15 is 0 Å². The van der Waals surface area contributed by atoms with Crippen molar-refractivity contribution in [2.45, 2.75) is 43.6 Å². The Morgan fingerprint density at radius 3 is 2.67 bits per heavy atom. The van der Waals surface area contributed by atoms with Crippen molar-refractivity contribution in [2.24, 2.45) is 5.92 Å². The number of hydrogen-bond acceptors (Lipinski definition) is 4. The van der Waals surface area contributed by atoms with Crippen LogP contribution in [0, 0.1) is 18.7 Å². The van der Waals surface area contributed by atoms with Crippen molar-refractivity contribution in [3.8, 4) is 0 Å². The molecule has 21 heavy (non-hydrogen) atoms. The zero-order valence-electron chi connectivity index (χ0n) is 12.0. The van der Waals surface area contributed by atoms with Crippen molar-refractivity contribution in [3.05, 3.63) is 23.5 Å². The molecule has 1 aromatic rings. The molecule has 0 heterocycles. The fourth-order valence-corrected chi connectivity index (χ4v) is 3.86. The van der Waals surface area contributed by atoms with Gasteiger partial charge in [0.15, 0.2) is 0 Å². The van der Waals surface area contributed by atoms with Gasteiger partial charge in [-0.25, -0.2) is 17.5 Å². The van der Waals surface area contributed by atoms with Crippen molar-refractivity contribution < 1.29 is 17.9 Å². The first-order valence-electron chi connectivity index (χ1n) is 7.04. The van der Waals surface area contributed by atoms with Crippen LogP contribution < -0.4 is 10.5 Å². The van der Waals surface area contributed by atoms with Gasteiger partial charge < -0.3 is 10.8 Å². The van der Waals surface area contributed by atoms with E-state index in [0.29, 0.717) is 6.42 Å². The van der Waals surface area contributed by atoms with E-state index in [4.69, 9.17) is 5.73 Å². The third-order valence-corrected chi connectivity index (χ3v) is 5.37. The highest BCUT2D eigenvalue weighted by molar-refractivity contribution is 7.89. The molecule has 0 saturated heterocycles. The maximum absolute atomic E-state index is 13.5. The Hall–Kier alpha value is -1.18. The first-order valence-corrected chi connectivity index (χ1v) is 8.53. The van der Waals surface area contributed by atoms with E-state index in [0.717, 1.165) is 25.3 Å². The number of halogens is 1. The van der Waals surface area contributed by atoms with Crippen LogP contribution in [-0.4, -0.2) is 26.2 Å². The topological polar surface area (TPSA) is 92.4 Å². The Balaban J connectivity index is 2.11. The van der Waals surface area contributed by atoms with Gasteiger partial charge in [-0.1, -0.05) is 12.8 Å². The van der Waals surface area contributed by atoms with Gasteiger partial charge in [0.25, 0.3) is 0 Å². The summed E-state index contributed by atoms with van der Waals surface area (Å²) in [5, 5.41) is 9.86. The van der Waals surface area contributed by atoms with Gasteiger partial charge in [0.2, 0.25) is 10.0 Å². The standard InChI is InChI=1S/C14H21FN2O3S/c1-9-6-11(7-12(16)14(9)15)21(19,20)17-8-10-4-2-3-5-13(10)18/h6-7,10,13,17-18H,2-5,8,16H2,1H3. The summed E-state index contributed by atoms with van der Waals surface area (Å²) in [4.78, 5) is -0.0517. The van der Waals surface area contributed by atoms with Gasteiger partial charge >= 0.3 is 0 Å². The van der Waals surface area contributed by atoms with E-state index in [1.54, 1.807) is 0 Å². The van der Waals surface area contributed by atoms with Gasteiger partial charge in [-0.05, 0) is 43.4 Å². The highest BCUT2D eigenvalue weighted by Crippen LogP contribution is 2.25. The number of anilines is 1. The molecule has 0 amide bonds. The predicted octanol–water partition coefficient (Wildman–Crippen LogP) is 1.55. The lowest BCUT2D eigenvalue weighted by Crippen LogP contribution is -2.36. The second kappa shape index (κ2) is 6.29. The number of hydrogen-bond donors (Lipinski definition) is 3. The molecule has 0 aromatic heterocycles. The van der Waals surface area contributed by atoms with Gasteiger partial charge in [-0.2, -0.15) is 0 Å². The summed E-state index contributed by atoms with van der Waals surface area (Å²) in [5.74, 6) is -0.677. The molecule has 0 spiro atoms.